The van der Waals surface area contributed by atoms with Crippen LogP contribution >= 0.6 is 0 Å². The average Bonchev–Trinajstić information content (AvgIpc) is 3.04. The fraction of sp³-hybridized carbons (Fsp3) is 0.286. The maximum absolute atomic E-state index is 5.80. The number of nitrogens with zero attached hydrogens (tertiary/aromatic N) is 3. The molecule has 0 radical (unpaired) electrons. The number of nitrogens with two attached hydrogens (primary N) is 1. The summed E-state index contributed by atoms with van der Waals surface area (Å²) >= 11 is 0. The van der Waals surface area contributed by atoms with Crippen molar-refractivity contribution in [2.75, 3.05) is 0 Å². The van der Waals surface area contributed by atoms with Gasteiger partial charge in [0.2, 0.25) is 5.88 Å². The molecule has 4 rings (SSSR count). The highest BCUT2D eigenvalue weighted by Gasteiger charge is 2.28. The lowest BCUT2D eigenvalue weighted by atomic mass is 9.90. The van der Waals surface area contributed by atoms with Crippen LogP contribution in [0.2, 0.25) is 0 Å². The van der Waals surface area contributed by atoms with Gasteiger partial charge in [0.25, 0.3) is 0 Å². The zero-order chi connectivity index (χ0) is 13.5. The van der Waals surface area contributed by atoms with Crippen LogP contribution in [0.3, 0.4) is 0 Å². The van der Waals surface area contributed by atoms with Crippen LogP contribution in [-0.4, -0.2) is 26.7 Å². The number of rotatable bonds is 3. The Morgan fingerprint density at radius 3 is 2.95 bits per heavy atom. The molecule has 0 bridgehead atoms. The first kappa shape index (κ1) is 11.5. The molecule has 1 aliphatic carbocycles. The van der Waals surface area contributed by atoms with Gasteiger partial charge in [-0.15, -0.1) is 5.10 Å². The lowest BCUT2D eigenvalue weighted by Crippen LogP contribution is -2.43. The molecule has 0 unspecified atom stereocenters. The summed E-state index contributed by atoms with van der Waals surface area (Å²) in [4.78, 5) is 4.31. The largest absolute Gasteiger partial charge is 0.473 e. The Hall–Kier alpha value is -2.34. The Labute approximate surface area is 115 Å². The van der Waals surface area contributed by atoms with Crippen LogP contribution < -0.4 is 10.5 Å². The molecular formula is C14H14N4O2. The fourth-order valence-corrected chi connectivity index (χ4v) is 2.38. The Bertz CT molecular complexity index is 729. The summed E-state index contributed by atoms with van der Waals surface area (Å²) < 4.78 is 12.9. The van der Waals surface area contributed by atoms with Crippen molar-refractivity contribution in [3.63, 3.8) is 0 Å². The van der Waals surface area contributed by atoms with E-state index in [0.717, 1.165) is 29.9 Å². The Morgan fingerprint density at radius 2 is 2.20 bits per heavy atom. The van der Waals surface area contributed by atoms with Gasteiger partial charge >= 0.3 is 0 Å². The van der Waals surface area contributed by atoms with E-state index in [0.29, 0.717) is 5.88 Å². The number of ether oxygens (including phenoxy) is 1. The standard InChI is InChI=1S/C14H14N4O2/c15-9-6-10(7-9)20-14-4-3-13-16-8-11(18(13)17-14)12-2-1-5-19-12/h1-5,8-10H,6-7,15H2. The molecule has 1 saturated carbocycles. The molecule has 20 heavy (non-hydrogen) atoms. The maximum atomic E-state index is 5.80. The predicted octanol–water partition coefficient (Wildman–Crippen LogP) is 1.86. The van der Waals surface area contributed by atoms with Crippen LogP contribution in [0.25, 0.3) is 17.1 Å². The van der Waals surface area contributed by atoms with E-state index in [1.54, 1.807) is 17.0 Å². The number of furan rings is 1. The Morgan fingerprint density at radius 1 is 1.30 bits per heavy atom. The zero-order valence-corrected chi connectivity index (χ0v) is 10.8. The maximum Gasteiger partial charge on any atom is 0.232 e. The second kappa shape index (κ2) is 4.35. The highest BCUT2D eigenvalue weighted by Crippen LogP contribution is 2.25. The predicted molar refractivity (Wildman–Crippen MR) is 72.3 cm³/mol. The summed E-state index contributed by atoms with van der Waals surface area (Å²) in [5, 5.41) is 4.47. The van der Waals surface area contributed by atoms with Crippen LogP contribution in [0.5, 0.6) is 5.88 Å². The molecule has 6 nitrogen and oxygen atoms in total. The molecule has 2 N–H and O–H groups in total. The van der Waals surface area contributed by atoms with Crippen molar-refractivity contribution in [1.82, 2.24) is 14.6 Å². The van der Waals surface area contributed by atoms with Gasteiger partial charge in [0.1, 0.15) is 11.8 Å². The van der Waals surface area contributed by atoms with Gasteiger partial charge < -0.3 is 14.9 Å². The second-order valence-electron chi connectivity index (χ2n) is 5.03. The van der Waals surface area contributed by atoms with E-state index in [-0.39, 0.29) is 12.1 Å². The summed E-state index contributed by atoms with van der Waals surface area (Å²) in [5.41, 5.74) is 7.32. The molecule has 0 spiro atoms. The van der Waals surface area contributed by atoms with Gasteiger partial charge in [-0.3, -0.25) is 0 Å². The van der Waals surface area contributed by atoms with E-state index < -0.39 is 0 Å². The van der Waals surface area contributed by atoms with Gasteiger partial charge in [-0.05, 0) is 31.0 Å². The van der Waals surface area contributed by atoms with Gasteiger partial charge in [0.05, 0.1) is 12.5 Å². The van der Waals surface area contributed by atoms with Crippen molar-refractivity contribution >= 4 is 5.65 Å². The molecule has 3 aromatic heterocycles. The third-order valence-electron chi connectivity index (χ3n) is 3.53. The molecule has 0 saturated heterocycles. The van der Waals surface area contributed by atoms with Gasteiger partial charge in [0.15, 0.2) is 11.4 Å². The van der Waals surface area contributed by atoms with Crippen molar-refractivity contribution in [2.45, 2.75) is 25.0 Å². The van der Waals surface area contributed by atoms with Gasteiger partial charge in [0, 0.05) is 12.1 Å². The highest BCUT2D eigenvalue weighted by molar-refractivity contribution is 5.57. The highest BCUT2D eigenvalue weighted by atomic mass is 16.5. The van der Waals surface area contributed by atoms with Crippen molar-refractivity contribution < 1.29 is 9.15 Å². The van der Waals surface area contributed by atoms with Crippen LogP contribution in [0, 0.1) is 0 Å². The summed E-state index contributed by atoms with van der Waals surface area (Å²) in [5.74, 6) is 1.31. The third kappa shape index (κ3) is 1.85. The van der Waals surface area contributed by atoms with E-state index in [9.17, 15) is 0 Å². The molecule has 1 fully saturated rings. The number of hydrogen-bond acceptors (Lipinski definition) is 5. The molecule has 0 aromatic carbocycles. The number of imidazole rings is 1. The number of fused-ring (bicyclic) bond motifs is 1. The topological polar surface area (TPSA) is 78.6 Å². The minimum Gasteiger partial charge on any atom is -0.473 e. The molecule has 1 aliphatic rings. The molecule has 0 atom stereocenters. The summed E-state index contributed by atoms with van der Waals surface area (Å²) in [6.45, 7) is 0. The number of aromatic nitrogens is 3. The second-order valence-corrected chi connectivity index (χ2v) is 5.03. The van der Waals surface area contributed by atoms with E-state index in [4.69, 9.17) is 14.9 Å². The molecule has 3 heterocycles. The fourth-order valence-electron chi connectivity index (χ4n) is 2.38. The van der Waals surface area contributed by atoms with Crippen LogP contribution in [0.4, 0.5) is 0 Å². The van der Waals surface area contributed by atoms with Crippen molar-refractivity contribution in [3.8, 4) is 17.3 Å². The normalized spacial score (nSPS) is 21.9. The van der Waals surface area contributed by atoms with Crippen LogP contribution in [0.15, 0.2) is 41.1 Å². The summed E-state index contributed by atoms with van der Waals surface area (Å²) in [6, 6.07) is 7.69. The minimum absolute atomic E-state index is 0.172. The quantitative estimate of drug-likeness (QED) is 0.785. The molecule has 0 aliphatic heterocycles. The summed E-state index contributed by atoms with van der Waals surface area (Å²) in [7, 11) is 0. The average molecular weight is 270 g/mol. The van der Waals surface area contributed by atoms with Gasteiger partial charge in [-0.1, -0.05) is 0 Å². The first-order chi connectivity index (χ1) is 9.79. The molecule has 102 valence electrons. The minimum atomic E-state index is 0.172. The molecule has 6 heteroatoms. The van der Waals surface area contributed by atoms with E-state index in [2.05, 4.69) is 10.1 Å². The molecule has 0 amide bonds. The summed E-state index contributed by atoms with van der Waals surface area (Å²) in [6.07, 6.45) is 5.31. The SMILES string of the molecule is NC1CC(Oc2ccc3ncc(-c4ccco4)n3n2)C1. The van der Waals surface area contributed by atoms with E-state index in [1.165, 1.54) is 0 Å². The number of hydrogen-bond donors (Lipinski definition) is 1. The lowest BCUT2D eigenvalue weighted by molar-refractivity contribution is 0.0944. The van der Waals surface area contributed by atoms with Crippen molar-refractivity contribution in [2.24, 2.45) is 5.73 Å². The van der Waals surface area contributed by atoms with Gasteiger partial charge in [-0.2, -0.15) is 0 Å². The van der Waals surface area contributed by atoms with Gasteiger partial charge in [-0.25, -0.2) is 9.50 Å². The Kier molecular flexibility index (Phi) is 2.50. The van der Waals surface area contributed by atoms with Crippen LogP contribution in [-0.2, 0) is 0 Å². The lowest BCUT2D eigenvalue weighted by Gasteiger charge is -2.31. The van der Waals surface area contributed by atoms with Crippen LogP contribution in [0.1, 0.15) is 12.8 Å². The van der Waals surface area contributed by atoms with E-state index >= 15 is 0 Å². The van der Waals surface area contributed by atoms with E-state index in [1.807, 2.05) is 24.3 Å². The molecule has 3 aromatic rings. The first-order valence-corrected chi connectivity index (χ1v) is 6.60. The van der Waals surface area contributed by atoms with Crippen molar-refractivity contribution in [3.05, 3.63) is 36.7 Å². The smallest absolute Gasteiger partial charge is 0.232 e. The monoisotopic (exact) mass is 270 g/mol. The third-order valence-corrected chi connectivity index (χ3v) is 3.53. The van der Waals surface area contributed by atoms with Crippen molar-refractivity contribution in [1.29, 1.82) is 0 Å². The first-order valence-electron chi connectivity index (χ1n) is 6.60. The zero-order valence-electron chi connectivity index (χ0n) is 10.8. The Balaban J connectivity index is 1.69. The molecular weight excluding hydrogens is 256 g/mol.